The highest BCUT2D eigenvalue weighted by molar-refractivity contribution is 14.0. The van der Waals surface area contributed by atoms with E-state index in [2.05, 4.69) is 41.4 Å². The summed E-state index contributed by atoms with van der Waals surface area (Å²) in [5, 5.41) is 6.63. The first-order chi connectivity index (χ1) is 11.7. The van der Waals surface area contributed by atoms with Crippen molar-refractivity contribution in [3.05, 3.63) is 42.3 Å². The molecule has 0 atom stereocenters. The van der Waals surface area contributed by atoms with Gasteiger partial charge in [-0.25, -0.2) is 9.98 Å². The van der Waals surface area contributed by atoms with Crippen LogP contribution in [0.5, 0.6) is 0 Å². The predicted octanol–water partition coefficient (Wildman–Crippen LogP) is 4.45. The molecule has 138 valence electrons. The summed E-state index contributed by atoms with van der Waals surface area (Å²) in [7, 11) is 0. The maximum Gasteiger partial charge on any atom is 0.226 e. The molecule has 0 radical (unpaired) electrons. The summed E-state index contributed by atoms with van der Waals surface area (Å²) in [4.78, 5) is 9.08. The van der Waals surface area contributed by atoms with Gasteiger partial charge in [-0.3, -0.25) is 0 Å². The van der Waals surface area contributed by atoms with E-state index < -0.39 is 0 Å². The molecule has 0 spiro atoms. The number of rotatable bonds is 8. The number of aromatic nitrogens is 1. The van der Waals surface area contributed by atoms with E-state index in [1.807, 2.05) is 30.3 Å². The monoisotopic (exact) mass is 456 g/mol. The molecule has 0 fully saturated rings. The van der Waals surface area contributed by atoms with E-state index in [1.165, 1.54) is 6.42 Å². The zero-order valence-electron chi connectivity index (χ0n) is 15.3. The molecule has 0 bridgehead atoms. The van der Waals surface area contributed by atoms with Crippen molar-refractivity contribution in [3.63, 3.8) is 0 Å². The van der Waals surface area contributed by atoms with Gasteiger partial charge < -0.3 is 15.1 Å². The molecule has 1 aromatic heterocycles. The zero-order valence-corrected chi connectivity index (χ0v) is 17.6. The number of nitrogens with one attached hydrogen (secondary N) is 2. The maximum absolute atomic E-state index is 5.55. The van der Waals surface area contributed by atoms with Crippen LogP contribution in [0.2, 0.25) is 0 Å². The lowest BCUT2D eigenvalue weighted by atomic mass is 10.1. The van der Waals surface area contributed by atoms with Crippen LogP contribution in [0.1, 0.15) is 39.3 Å². The molecule has 2 N–H and O–H groups in total. The normalized spacial score (nSPS) is 11.3. The van der Waals surface area contributed by atoms with Gasteiger partial charge in [-0.05, 0) is 37.8 Å². The number of oxazole rings is 1. The molecule has 5 nitrogen and oxygen atoms in total. The highest BCUT2D eigenvalue weighted by atomic mass is 127. The first-order valence-corrected chi connectivity index (χ1v) is 8.71. The van der Waals surface area contributed by atoms with E-state index >= 15 is 0 Å². The molecule has 2 rings (SSSR count). The lowest BCUT2D eigenvalue weighted by Gasteiger charge is -2.11. The molecule has 25 heavy (non-hydrogen) atoms. The summed E-state index contributed by atoms with van der Waals surface area (Å²) in [6, 6.07) is 9.90. The minimum Gasteiger partial charge on any atom is -0.444 e. The van der Waals surface area contributed by atoms with Crippen LogP contribution < -0.4 is 10.6 Å². The van der Waals surface area contributed by atoms with Crippen LogP contribution in [0.4, 0.5) is 0 Å². The summed E-state index contributed by atoms with van der Waals surface area (Å²) in [6.45, 7) is 8.81. The van der Waals surface area contributed by atoms with Gasteiger partial charge in [0.25, 0.3) is 0 Å². The first-order valence-electron chi connectivity index (χ1n) is 8.71. The highest BCUT2D eigenvalue weighted by Gasteiger charge is 2.06. The number of aliphatic imine (C=N–C) groups is 1. The molecule has 0 aliphatic heterocycles. The maximum atomic E-state index is 5.55. The van der Waals surface area contributed by atoms with E-state index in [-0.39, 0.29) is 24.0 Å². The van der Waals surface area contributed by atoms with Gasteiger partial charge in [0.1, 0.15) is 12.0 Å². The molecule has 1 aromatic carbocycles. The Bertz CT molecular complexity index is 625. The standard InChI is InChI=1S/C19H28N4O.HI/c1-4-20-19(21-12-8-9-15(2)3)22-13-17-14-24-18(23-17)16-10-6-5-7-11-16;/h5-7,10-11,14-15H,4,8-9,12-13H2,1-3H3,(H2,20,21,22);1H. The van der Waals surface area contributed by atoms with Crippen molar-refractivity contribution in [2.24, 2.45) is 10.9 Å². The average Bonchev–Trinajstić information content (AvgIpc) is 3.06. The zero-order chi connectivity index (χ0) is 17.2. The second-order valence-corrected chi connectivity index (χ2v) is 6.17. The van der Waals surface area contributed by atoms with E-state index in [9.17, 15) is 0 Å². The van der Waals surface area contributed by atoms with Gasteiger partial charge in [-0.2, -0.15) is 0 Å². The third-order valence-corrected chi connectivity index (χ3v) is 3.57. The largest absolute Gasteiger partial charge is 0.444 e. The minimum atomic E-state index is 0. The molecular formula is C19H29IN4O. The summed E-state index contributed by atoms with van der Waals surface area (Å²) >= 11 is 0. The second-order valence-electron chi connectivity index (χ2n) is 6.17. The van der Waals surface area contributed by atoms with Gasteiger partial charge in [0.15, 0.2) is 5.96 Å². The van der Waals surface area contributed by atoms with Gasteiger partial charge in [0.2, 0.25) is 5.89 Å². The third kappa shape index (κ3) is 7.90. The Kier molecular flexibility index (Phi) is 10.2. The average molecular weight is 456 g/mol. The molecule has 0 aliphatic rings. The molecule has 0 aliphatic carbocycles. The Hall–Kier alpha value is -1.57. The van der Waals surface area contributed by atoms with Crippen LogP contribution in [0.25, 0.3) is 11.5 Å². The Balaban J connectivity index is 0.00000312. The third-order valence-electron chi connectivity index (χ3n) is 3.57. The molecule has 6 heteroatoms. The topological polar surface area (TPSA) is 62.5 Å². The fourth-order valence-electron chi connectivity index (χ4n) is 2.31. The van der Waals surface area contributed by atoms with Crippen LogP contribution in [-0.2, 0) is 6.54 Å². The summed E-state index contributed by atoms with van der Waals surface area (Å²) in [5.74, 6) is 2.19. The van der Waals surface area contributed by atoms with Crippen molar-refractivity contribution in [3.8, 4) is 11.5 Å². The van der Waals surface area contributed by atoms with Crippen molar-refractivity contribution in [2.45, 2.75) is 40.2 Å². The van der Waals surface area contributed by atoms with E-state index in [0.717, 1.165) is 42.6 Å². The van der Waals surface area contributed by atoms with Gasteiger partial charge in [0.05, 0.1) is 6.54 Å². The first kappa shape index (κ1) is 21.5. The van der Waals surface area contributed by atoms with Crippen molar-refractivity contribution in [1.29, 1.82) is 0 Å². The minimum absolute atomic E-state index is 0. The van der Waals surface area contributed by atoms with Gasteiger partial charge in [-0.15, -0.1) is 24.0 Å². The number of halogens is 1. The second kappa shape index (κ2) is 11.9. The van der Waals surface area contributed by atoms with Crippen LogP contribution >= 0.6 is 24.0 Å². The number of hydrogen-bond donors (Lipinski definition) is 2. The van der Waals surface area contributed by atoms with Crippen molar-refractivity contribution in [2.75, 3.05) is 13.1 Å². The molecule has 0 saturated heterocycles. The number of benzene rings is 1. The summed E-state index contributed by atoms with van der Waals surface area (Å²) in [5.41, 5.74) is 1.81. The van der Waals surface area contributed by atoms with Gasteiger partial charge >= 0.3 is 0 Å². The number of guanidine groups is 1. The van der Waals surface area contributed by atoms with E-state index in [4.69, 9.17) is 4.42 Å². The Morgan fingerprint density at radius 1 is 1.20 bits per heavy atom. The van der Waals surface area contributed by atoms with Gasteiger partial charge in [0, 0.05) is 18.7 Å². The van der Waals surface area contributed by atoms with Crippen LogP contribution in [-0.4, -0.2) is 24.0 Å². The SMILES string of the molecule is CCNC(=NCc1coc(-c2ccccc2)n1)NCCCC(C)C.I. The van der Waals surface area contributed by atoms with Crippen molar-refractivity contribution < 1.29 is 4.42 Å². The van der Waals surface area contributed by atoms with Crippen LogP contribution in [0.3, 0.4) is 0 Å². The molecule has 0 unspecified atom stereocenters. The van der Waals surface area contributed by atoms with Gasteiger partial charge in [-0.1, -0.05) is 32.0 Å². The highest BCUT2D eigenvalue weighted by Crippen LogP contribution is 2.18. The number of hydrogen-bond acceptors (Lipinski definition) is 3. The van der Waals surface area contributed by atoms with Crippen LogP contribution in [0.15, 0.2) is 46.0 Å². The van der Waals surface area contributed by atoms with Crippen molar-refractivity contribution >= 4 is 29.9 Å². The number of nitrogens with zero attached hydrogens (tertiary/aromatic N) is 2. The van der Waals surface area contributed by atoms with E-state index in [0.29, 0.717) is 12.4 Å². The molecular weight excluding hydrogens is 427 g/mol. The summed E-state index contributed by atoms with van der Waals surface area (Å²) in [6.07, 6.45) is 4.04. The van der Waals surface area contributed by atoms with Crippen LogP contribution in [0, 0.1) is 5.92 Å². The Labute approximate surface area is 167 Å². The molecule has 2 aromatic rings. The molecule has 0 saturated carbocycles. The lowest BCUT2D eigenvalue weighted by Crippen LogP contribution is -2.37. The fraction of sp³-hybridized carbons (Fsp3) is 0.474. The quantitative estimate of drug-likeness (QED) is 0.267. The lowest BCUT2D eigenvalue weighted by molar-refractivity contribution is 0.549. The predicted molar refractivity (Wildman–Crippen MR) is 114 cm³/mol. The molecule has 1 heterocycles. The smallest absolute Gasteiger partial charge is 0.226 e. The Morgan fingerprint density at radius 2 is 1.96 bits per heavy atom. The molecule has 0 amide bonds. The Morgan fingerprint density at radius 3 is 2.64 bits per heavy atom. The van der Waals surface area contributed by atoms with Crippen molar-refractivity contribution in [1.82, 2.24) is 15.6 Å². The summed E-state index contributed by atoms with van der Waals surface area (Å²) < 4.78 is 5.55. The van der Waals surface area contributed by atoms with E-state index in [1.54, 1.807) is 6.26 Å². The fourth-order valence-corrected chi connectivity index (χ4v) is 2.31.